The van der Waals surface area contributed by atoms with E-state index in [1.54, 1.807) is 7.11 Å². The lowest BCUT2D eigenvalue weighted by Gasteiger charge is -2.36. The molecule has 3 heterocycles. The predicted octanol–water partition coefficient (Wildman–Crippen LogP) is 3.79. The summed E-state index contributed by atoms with van der Waals surface area (Å²) in [5, 5.41) is 1.18. The van der Waals surface area contributed by atoms with E-state index < -0.39 is 0 Å². The number of nitrogens with zero attached hydrogens (tertiary/aromatic N) is 3. The van der Waals surface area contributed by atoms with Crippen molar-refractivity contribution < 1.29 is 14.3 Å². The van der Waals surface area contributed by atoms with Crippen LogP contribution in [0.5, 0.6) is 5.75 Å². The number of fused-ring (bicyclic) bond motifs is 1. The highest BCUT2D eigenvalue weighted by atomic mass is 16.5. The monoisotopic (exact) mass is 476 g/mol. The van der Waals surface area contributed by atoms with Crippen molar-refractivity contribution in [3.8, 4) is 5.75 Å². The van der Waals surface area contributed by atoms with Crippen molar-refractivity contribution in [3.05, 3.63) is 59.8 Å². The van der Waals surface area contributed by atoms with Crippen molar-refractivity contribution >= 4 is 22.5 Å². The first-order chi connectivity index (χ1) is 17.2. The first-order valence-corrected chi connectivity index (χ1v) is 12.8. The molecule has 0 aliphatic carbocycles. The Morgan fingerprint density at radius 1 is 0.971 bits per heavy atom. The average Bonchev–Trinajstić information content (AvgIpc) is 3.34. The Hall–Kier alpha value is -3.03. The van der Waals surface area contributed by atoms with E-state index in [1.807, 2.05) is 29.2 Å². The second-order valence-electron chi connectivity index (χ2n) is 9.46. The van der Waals surface area contributed by atoms with Gasteiger partial charge in [-0.05, 0) is 73.8 Å². The van der Waals surface area contributed by atoms with Crippen molar-refractivity contribution in [2.24, 2.45) is 0 Å². The molecule has 1 amide bonds. The molecule has 0 radical (unpaired) electrons. The van der Waals surface area contributed by atoms with Gasteiger partial charge in [0.25, 0.3) is 5.91 Å². The van der Waals surface area contributed by atoms with Crippen LogP contribution in [0.4, 0.5) is 5.69 Å². The van der Waals surface area contributed by atoms with Gasteiger partial charge in [-0.15, -0.1) is 0 Å². The number of benzene rings is 2. The number of aryl methyl sites for hydroxylation is 1. The van der Waals surface area contributed by atoms with E-state index in [2.05, 4.69) is 39.2 Å². The number of aromatic amines is 1. The number of morpholine rings is 1. The Balaban J connectivity index is 1.09. The summed E-state index contributed by atoms with van der Waals surface area (Å²) in [6.45, 7) is 8.07. The first kappa shape index (κ1) is 23.7. The van der Waals surface area contributed by atoms with Crippen LogP contribution in [-0.4, -0.2) is 86.8 Å². The number of aromatic nitrogens is 1. The number of nitrogens with one attached hydrogen (secondary N) is 1. The largest absolute Gasteiger partial charge is 0.497 e. The molecule has 2 fully saturated rings. The third kappa shape index (κ3) is 5.63. The Morgan fingerprint density at radius 3 is 2.49 bits per heavy atom. The summed E-state index contributed by atoms with van der Waals surface area (Å²) >= 11 is 0. The van der Waals surface area contributed by atoms with Crippen LogP contribution >= 0.6 is 0 Å². The molecule has 0 bridgehead atoms. The van der Waals surface area contributed by atoms with E-state index in [9.17, 15) is 4.79 Å². The van der Waals surface area contributed by atoms with Crippen LogP contribution < -0.4 is 9.64 Å². The fourth-order valence-electron chi connectivity index (χ4n) is 5.14. The molecule has 7 heteroatoms. The number of amides is 1. The number of ether oxygens (including phenoxy) is 2. The molecule has 0 saturated carbocycles. The second-order valence-corrected chi connectivity index (χ2v) is 9.46. The lowest BCUT2D eigenvalue weighted by molar-refractivity contribution is 0.0303. The molecular weight excluding hydrogens is 440 g/mol. The van der Waals surface area contributed by atoms with Gasteiger partial charge in [0, 0.05) is 67.6 Å². The number of carbonyl (C=O) groups excluding carboxylic acids is 1. The maximum Gasteiger partial charge on any atom is 0.254 e. The van der Waals surface area contributed by atoms with Crippen molar-refractivity contribution in [2.75, 3.05) is 71.0 Å². The fourth-order valence-corrected chi connectivity index (χ4v) is 5.14. The zero-order valence-corrected chi connectivity index (χ0v) is 20.7. The van der Waals surface area contributed by atoms with Crippen molar-refractivity contribution in [1.82, 2.24) is 14.8 Å². The molecule has 5 rings (SSSR count). The minimum absolute atomic E-state index is 0.108. The topological polar surface area (TPSA) is 61.0 Å². The summed E-state index contributed by atoms with van der Waals surface area (Å²) in [5.41, 5.74) is 4.46. The lowest BCUT2D eigenvalue weighted by atomic mass is 10.0. The van der Waals surface area contributed by atoms with Crippen LogP contribution in [0.25, 0.3) is 10.9 Å². The van der Waals surface area contributed by atoms with Crippen LogP contribution in [0, 0.1) is 0 Å². The van der Waals surface area contributed by atoms with Gasteiger partial charge in [0.2, 0.25) is 0 Å². The number of H-pyrrole nitrogens is 1. The quantitative estimate of drug-likeness (QED) is 0.501. The molecular formula is C28H36N4O3. The summed E-state index contributed by atoms with van der Waals surface area (Å²) in [5.74, 6) is 1.01. The van der Waals surface area contributed by atoms with Crippen LogP contribution in [-0.2, 0) is 11.2 Å². The molecule has 186 valence electrons. The number of piperazine rings is 1. The van der Waals surface area contributed by atoms with Gasteiger partial charge in [0.15, 0.2) is 0 Å². The third-order valence-corrected chi connectivity index (χ3v) is 7.29. The van der Waals surface area contributed by atoms with Crippen molar-refractivity contribution in [1.29, 1.82) is 0 Å². The van der Waals surface area contributed by atoms with Crippen LogP contribution in [0.15, 0.2) is 48.7 Å². The number of rotatable bonds is 8. The predicted molar refractivity (Wildman–Crippen MR) is 140 cm³/mol. The van der Waals surface area contributed by atoms with Gasteiger partial charge in [-0.3, -0.25) is 9.69 Å². The second kappa shape index (κ2) is 11.1. The third-order valence-electron chi connectivity index (χ3n) is 7.29. The summed E-state index contributed by atoms with van der Waals surface area (Å²) < 4.78 is 10.7. The summed E-state index contributed by atoms with van der Waals surface area (Å²) in [7, 11) is 1.71. The Morgan fingerprint density at radius 2 is 1.74 bits per heavy atom. The fraction of sp³-hybridized carbons (Fsp3) is 0.464. The SMILES string of the molecule is COc1ccc(N2CCN(CCCCc3c[nH]c4ccc(C(=O)N5CCOCC5)cc34)CC2)cc1. The highest BCUT2D eigenvalue weighted by molar-refractivity contribution is 5.98. The summed E-state index contributed by atoms with van der Waals surface area (Å²) in [6, 6.07) is 14.4. The van der Waals surface area contributed by atoms with Crippen LogP contribution in [0.1, 0.15) is 28.8 Å². The maximum atomic E-state index is 12.9. The van der Waals surface area contributed by atoms with E-state index in [0.29, 0.717) is 26.3 Å². The Labute approximate surface area is 207 Å². The number of hydrogen-bond donors (Lipinski definition) is 1. The molecule has 2 aliphatic heterocycles. The zero-order valence-electron chi connectivity index (χ0n) is 20.7. The highest BCUT2D eigenvalue weighted by Crippen LogP contribution is 2.23. The van der Waals surface area contributed by atoms with Gasteiger partial charge in [-0.1, -0.05) is 0 Å². The number of hydrogen-bond acceptors (Lipinski definition) is 5. The first-order valence-electron chi connectivity index (χ1n) is 12.8. The van der Waals surface area contributed by atoms with Gasteiger partial charge in [-0.2, -0.15) is 0 Å². The Bertz CT molecular complexity index is 1110. The number of unbranched alkanes of at least 4 members (excludes halogenated alkanes) is 1. The minimum Gasteiger partial charge on any atom is -0.497 e. The van der Waals surface area contributed by atoms with Crippen molar-refractivity contribution in [3.63, 3.8) is 0 Å². The van der Waals surface area contributed by atoms with Gasteiger partial charge < -0.3 is 24.3 Å². The normalized spacial score (nSPS) is 17.2. The molecule has 7 nitrogen and oxygen atoms in total. The van der Waals surface area contributed by atoms with E-state index in [1.165, 1.54) is 23.1 Å². The standard InChI is InChI=1S/C28H36N4O3/c1-34-25-8-6-24(7-9-25)31-14-12-30(13-15-31)11-3-2-4-23-21-29-27-10-5-22(20-26(23)27)28(33)32-16-18-35-19-17-32/h5-10,20-21,29H,2-4,11-19H2,1H3. The molecule has 2 aromatic carbocycles. The number of carbonyl (C=O) groups is 1. The van der Waals surface area contributed by atoms with Gasteiger partial charge in [-0.25, -0.2) is 0 Å². The zero-order chi connectivity index (χ0) is 24.0. The average molecular weight is 477 g/mol. The van der Waals surface area contributed by atoms with Crippen LogP contribution in [0.2, 0.25) is 0 Å². The van der Waals surface area contributed by atoms with Gasteiger partial charge >= 0.3 is 0 Å². The Kier molecular flexibility index (Phi) is 7.54. The molecule has 2 saturated heterocycles. The van der Waals surface area contributed by atoms with Gasteiger partial charge in [0.05, 0.1) is 20.3 Å². The lowest BCUT2D eigenvalue weighted by Crippen LogP contribution is -2.46. The molecule has 1 N–H and O–H groups in total. The minimum atomic E-state index is 0.108. The summed E-state index contributed by atoms with van der Waals surface area (Å²) in [4.78, 5) is 23.2. The molecule has 0 spiro atoms. The van der Waals surface area contributed by atoms with E-state index in [-0.39, 0.29) is 5.91 Å². The summed E-state index contributed by atoms with van der Waals surface area (Å²) in [6.07, 6.45) is 5.47. The highest BCUT2D eigenvalue weighted by Gasteiger charge is 2.20. The van der Waals surface area contributed by atoms with E-state index >= 15 is 0 Å². The van der Waals surface area contributed by atoms with E-state index in [4.69, 9.17) is 9.47 Å². The molecule has 1 aromatic heterocycles. The van der Waals surface area contributed by atoms with Crippen molar-refractivity contribution in [2.45, 2.75) is 19.3 Å². The van der Waals surface area contributed by atoms with E-state index in [0.717, 1.165) is 62.4 Å². The van der Waals surface area contributed by atoms with Crippen LogP contribution in [0.3, 0.4) is 0 Å². The maximum absolute atomic E-state index is 12.9. The molecule has 3 aromatic rings. The number of methoxy groups -OCH3 is 1. The number of anilines is 1. The molecule has 0 atom stereocenters. The molecule has 35 heavy (non-hydrogen) atoms. The molecule has 2 aliphatic rings. The van der Waals surface area contributed by atoms with Gasteiger partial charge in [0.1, 0.15) is 5.75 Å². The molecule has 0 unspecified atom stereocenters. The smallest absolute Gasteiger partial charge is 0.254 e.